The third kappa shape index (κ3) is 6.45. The molecule has 0 fully saturated rings. The maximum Gasteiger partial charge on any atom is 0.264 e. The van der Waals surface area contributed by atoms with Crippen molar-refractivity contribution in [2.45, 2.75) is 25.7 Å². The van der Waals surface area contributed by atoms with E-state index in [1.54, 1.807) is 12.1 Å². The molecule has 0 aliphatic rings. The van der Waals surface area contributed by atoms with E-state index in [1.165, 1.54) is 36.5 Å². The van der Waals surface area contributed by atoms with Crippen LogP contribution in [0, 0.1) is 12.7 Å². The van der Waals surface area contributed by atoms with Crippen molar-refractivity contribution in [3.8, 4) is 0 Å². The molecule has 3 rings (SSSR count). The van der Waals surface area contributed by atoms with Crippen molar-refractivity contribution in [2.24, 2.45) is 5.10 Å². The fourth-order valence-electron chi connectivity index (χ4n) is 3.50. The van der Waals surface area contributed by atoms with Crippen LogP contribution in [0.3, 0.4) is 0 Å². The first-order valence-electron chi connectivity index (χ1n) is 11.3. The lowest BCUT2D eigenvalue weighted by molar-refractivity contribution is -0.119. The number of aryl methyl sites for hydroxylation is 1. The number of halogens is 1. The van der Waals surface area contributed by atoms with Gasteiger partial charge in [0, 0.05) is 18.8 Å². The van der Waals surface area contributed by atoms with E-state index in [-0.39, 0.29) is 10.6 Å². The Morgan fingerprint density at radius 2 is 1.60 bits per heavy atom. The zero-order valence-corrected chi connectivity index (χ0v) is 20.8. The Morgan fingerprint density at radius 1 is 0.971 bits per heavy atom. The van der Waals surface area contributed by atoms with Gasteiger partial charge < -0.3 is 4.90 Å². The number of hydrogen-bond acceptors (Lipinski definition) is 5. The van der Waals surface area contributed by atoms with Crippen molar-refractivity contribution >= 4 is 33.5 Å². The number of sulfonamides is 1. The Balaban J connectivity index is 1.77. The van der Waals surface area contributed by atoms with E-state index in [0.29, 0.717) is 0 Å². The molecule has 0 aliphatic heterocycles. The summed E-state index contributed by atoms with van der Waals surface area (Å²) in [6.45, 7) is 7.13. The summed E-state index contributed by atoms with van der Waals surface area (Å²) in [7, 11) is -4.21. The number of carbonyl (C=O) groups excluding carboxylic acids is 1. The van der Waals surface area contributed by atoms with Gasteiger partial charge in [-0.05, 0) is 62.7 Å². The van der Waals surface area contributed by atoms with Gasteiger partial charge >= 0.3 is 0 Å². The fraction of sp³-hybridized carbons (Fsp3) is 0.231. The maximum atomic E-state index is 14.5. The average molecular weight is 497 g/mol. The molecule has 1 N–H and O–H groups in total. The maximum absolute atomic E-state index is 14.5. The Hall–Kier alpha value is -3.72. The third-order valence-corrected chi connectivity index (χ3v) is 7.22. The molecule has 35 heavy (non-hydrogen) atoms. The normalized spacial score (nSPS) is 11.4. The van der Waals surface area contributed by atoms with Crippen LogP contribution in [0.15, 0.2) is 82.8 Å². The van der Waals surface area contributed by atoms with Crippen molar-refractivity contribution in [1.29, 1.82) is 0 Å². The second-order valence-corrected chi connectivity index (χ2v) is 9.70. The van der Waals surface area contributed by atoms with E-state index in [2.05, 4.69) is 29.3 Å². The molecule has 0 bridgehead atoms. The van der Waals surface area contributed by atoms with Gasteiger partial charge in [0.05, 0.1) is 16.8 Å². The van der Waals surface area contributed by atoms with Crippen LogP contribution in [0.2, 0.25) is 0 Å². The molecule has 1 amide bonds. The number of anilines is 2. The smallest absolute Gasteiger partial charge is 0.264 e. The minimum atomic E-state index is -4.21. The SMILES string of the molecule is CCN(CC)c1ccc(/C=N/NC(=O)CN(c2ccccc2F)S(=O)(=O)c2ccc(C)cc2)cc1. The number of rotatable bonds is 10. The molecule has 0 radical (unpaired) electrons. The first-order chi connectivity index (χ1) is 16.8. The summed E-state index contributed by atoms with van der Waals surface area (Å²) < 4.78 is 41.9. The summed E-state index contributed by atoms with van der Waals surface area (Å²) >= 11 is 0. The van der Waals surface area contributed by atoms with Crippen molar-refractivity contribution in [1.82, 2.24) is 5.43 Å². The van der Waals surface area contributed by atoms with Crippen LogP contribution in [0.5, 0.6) is 0 Å². The Kier molecular flexibility index (Phi) is 8.59. The largest absolute Gasteiger partial charge is 0.372 e. The second-order valence-electron chi connectivity index (χ2n) is 7.83. The van der Waals surface area contributed by atoms with Crippen LogP contribution >= 0.6 is 0 Å². The minimum Gasteiger partial charge on any atom is -0.372 e. The highest BCUT2D eigenvalue weighted by Crippen LogP contribution is 2.26. The Labute approximate surface area is 205 Å². The number of para-hydroxylation sites is 1. The zero-order valence-electron chi connectivity index (χ0n) is 20.0. The van der Waals surface area contributed by atoms with Gasteiger partial charge in [-0.25, -0.2) is 18.2 Å². The lowest BCUT2D eigenvalue weighted by Gasteiger charge is -2.24. The molecule has 0 aliphatic carbocycles. The van der Waals surface area contributed by atoms with Crippen molar-refractivity contribution in [3.63, 3.8) is 0 Å². The number of hydrogen-bond donors (Lipinski definition) is 1. The monoisotopic (exact) mass is 496 g/mol. The lowest BCUT2D eigenvalue weighted by atomic mass is 10.2. The summed E-state index contributed by atoms with van der Waals surface area (Å²) in [5.41, 5.74) is 4.83. The summed E-state index contributed by atoms with van der Waals surface area (Å²) in [6, 6.07) is 19.2. The highest BCUT2D eigenvalue weighted by Gasteiger charge is 2.29. The van der Waals surface area contributed by atoms with Gasteiger partial charge in [-0.3, -0.25) is 9.10 Å². The van der Waals surface area contributed by atoms with E-state index < -0.39 is 28.3 Å². The quantitative estimate of drug-likeness (QED) is 0.335. The highest BCUT2D eigenvalue weighted by atomic mass is 32.2. The number of benzene rings is 3. The number of nitrogens with one attached hydrogen (secondary N) is 1. The van der Waals surface area contributed by atoms with Gasteiger partial charge in [-0.1, -0.05) is 42.0 Å². The predicted octanol–water partition coefficient (Wildman–Crippen LogP) is 4.33. The molecular weight excluding hydrogens is 467 g/mol. The number of carbonyl (C=O) groups is 1. The summed E-state index contributed by atoms with van der Waals surface area (Å²) in [5, 5.41) is 3.94. The molecule has 0 heterocycles. The van der Waals surface area contributed by atoms with Gasteiger partial charge in [0.25, 0.3) is 15.9 Å². The van der Waals surface area contributed by atoms with Gasteiger partial charge in [-0.15, -0.1) is 0 Å². The van der Waals surface area contributed by atoms with Gasteiger partial charge in [0.2, 0.25) is 0 Å². The van der Waals surface area contributed by atoms with E-state index in [0.717, 1.165) is 40.3 Å². The van der Waals surface area contributed by atoms with Gasteiger partial charge in [-0.2, -0.15) is 5.10 Å². The standard InChI is InChI=1S/C26H29FN4O3S/c1-4-30(5-2)22-14-12-21(13-15-22)18-28-29-26(32)19-31(25-9-7-6-8-24(25)27)35(33,34)23-16-10-20(3)11-17-23/h6-18H,4-5,19H2,1-3H3,(H,29,32)/b28-18+. The van der Waals surface area contributed by atoms with Crippen LogP contribution in [-0.4, -0.2) is 40.2 Å². The molecule has 0 saturated carbocycles. The number of amides is 1. The van der Waals surface area contributed by atoms with Crippen LogP contribution in [0.1, 0.15) is 25.0 Å². The molecule has 0 unspecified atom stereocenters. The third-order valence-electron chi connectivity index (χ3n) is 5.44. The molecule has 3 aromatic carbocycles. The van der Waals surface area contributed by atoms with E-state index in [9.17, 15) is 17.6 Å². The predicted molar refractivity (Wildman–Crippen MR) is 138 cm³/mol. The minimum absolute atomic E-state index is 0.0454. The molecule has 3 aromatic rings. The second kappa shape index (κ2) is 11.6. The fourth-order valence-corrected chi connectivity index (χ4v) is 4.92. The van der Waals surface area contributed by atoms with Crippen LogP contribution in [0.25, 0.3) is 0 Å². The average Bonchev–Trinajstić information content (AvgIpc) is 2.85. The molecule has 0 aromatic heterocycles. The summed E-state index contributed by atoms with van der Waals surface area (Å²) in [5.74, 6) is -1.47. The molecule has 7 nitrogen and oxygen atoms in total. The first kappa shape index (κ1) is 25.9. The van der Waals surface area contributed by atoms with Crippen LogP contribution in [-0.2, 0) is 14.8 Å². The molecule has 0 spiro atoms. The van der Waals surface area contributed by atoms with Crippen LogP contribution < -0.4 is 14.6 Å². The van der Waals surface area contributed by atoms with Gasteiger partial charge in [0.15, 0.2) is 0 Å². The number of nitrogens with zero attached hydrogens (tertiary/aromatic N) is 3. The number of hydrazone groups is 1. The highest BCUT2D eigenvalue weighted by molar-refractivity contribution is 7.92. The molecule has 9 heteroatoms. The summed E-state index contributed by atoms with van der Waals surface area (Å²) in [6.07, 6.45) is 1.46. The lowest BCUT2D eigenvalue weighted by Crippen LogP contribution is -2.40. The molecule has 0 atom stereocenters. The van der Waals surface area contributed by atoms with Crippen molar-refractivity contribution in [3.05, 3.63) is 89.7 Å². The molecule has 184 valence electrons. The van der Waals surface area contributed by atoms with E-state index in [4.69, 9.17) is 0 Å². The molecular formula is C26H29FN4O3S. The van der Waals surface area contributed by atoms with Crippen LogP contribution in [0.4, 0.5) is 15.8 Å². The van der Waals surface area contributed by atoms with Gasteiger partial charge in [0.1, 0.15) is 12.4 Å². The zero-order chi connectivity index (χ0) is 25.4. The van der Waals surface area contributed by atoms with E-state index in [1.807, 2.05) is 31.2 Å². The first-order valence-corrected chi connectivity index (χ1v) is 12.7. The Bertz CT molecular complexity index is 1270. The summed E-state index contributed by atoms with van der Waals surface area (Å²) in [4.78, 5) is 14.8. The molecule has 0 saturated heterocycles. The topological polar surface area (TPSA) is 82.1 Å². The van der Waals surface area contributed by atoms with Crippen molar-refractivity contribution < 1.29 is 17.6 Å². The van der Waals surface area contributed by atoms with E-state index >= 15 is 0 Å². The Morgan fingerprint density at radius 3 is 2.20 bits per heavy atom. The van der Waals surface area contributed by atoms with Crippen molar-refractivity contribution in [2.75, 3.05) is 28.8 Å².